The number of nitrogen functional groups attached to an aromatic ring is 1. The van der Waals surface area contributed by atoms with Crippen LogP contribution in [-0.4, -0.2) is 16.5 Å². The Balaban J connectivity index is 1.81. The highest BCUT2D eigenvalue weighted by molar-refractivity contribution is 8.00. The minimum Gasteiger partial charge on any atom is -0.383 e. The molecule has 2 aromatic carbocycles. The van der Waals surface area contributed by atoms with E-state index in [0.717, 1.165) is 11.1 Å². The third kappa shape index (κ3) is 5.12. The maximum atomic E-state index is 12.7. The Hall–Kier alpha value is -3.61. The number of carbonyl (C=O) groups is 1. The number of thioether (sulfide) groups is 1. The molecule has 0 amide bonds. The number of pyridine rings is 1. The van der Waals surface area contributed by atoms with E-state index in [2.05, 4.69) is 17.1 Å². The lowest BCUT2D eigenvalue weighted by Crippen LogP contribution is -2.09. The van der Waals surface area contributed by atoms with Crippen LogP contribution in [-0.2, 0) is 6.42 Å². The van der Waals surface area contributed by atoms with Crippen LogP contribution in [0.1, 0.15) is 40.9 Å². The second-order valence-electron chi connectivity index (χ2n) is 7.51. The molecule has 5 nitrogen and oxygen atoms in total. The Labute approximate surface area is 186 Å². The molecule has 0 spiro atoms. The first-order valence-electron chi connectivity index (χ1n) is 9.88. The van der Waals surface area contributed by atoms with Crippen molar-refractivity contribution in [1.82, 2.24) is 4.98 Å². The number of aromatic nitrogens is 1. The molecule has 0 atom stereocenters. The molecule has 0 saturated carbocycles. The summed E-state index contributed by atoms with van der Waals surface area (Å²) < 4.78 is 0. The van der Waals surface area contributed by atoms with Crippen molar-refractivity contribution in [3.8, 4) is 23.3 Å². The Bertz CT molecular complexity index is 1170. The maximum Gasteiger partial charge on any atom is 0.173 e. The highest BCUT2D eigenvalue weighted by atomic mass is 32.2. The Morgan fingerprint density at radius 2 is 1.61 bits per heavy atom. The summed E-state index contributed by atoms with van der Waals surface area (Å²) in [5, 5.41) is 19.6. The first-order chi connectivity index (χ1) is 14.9. The maximum absolute atomic E-state index is 12.7. The first kappa shape index (κ1) is 22.1. The SMILES string of the molecule is CC(C)Cc1c(C#N)c(N)nc(SCC(=O)c2ccc(-c3ccccc3)cc2)c1C#N. The van der Waals surface area contributed by atoms with Crippen LogP contribution in [0.2, 0.25) is 0 Å². The normalized spacial score (nSPS) is 10.5. The second-order valence-corrected chi connectivity index (χ2v) is 8.47. The van der Waals surface area contributed by atoms with Gasteiger partial charge in [0.05, 0.1) is 16.9 Å². The molecular weight excluding hydrogens is 404 g/mol. The molecule has 0 saturated heterocycles. The lowest BCUT2D eigenvalue weighted by Gasteiger charge is -2.14. The number of nitriles is 2. The molecule has 2 N–H and O–H groups in total. The van der Waals surface area contributed by atoms with Gasteiger partial charge >= 0.3 is 0 Å². The van der Waals surface area contributed by atoms with Gasteiger partial charge in [0.2, 0.25) is 0 Å². The van der Waals surface area contributed by atoms with Crippen molar-refractivity contribution in [2.24, 2.45) is 5.92 Å². The smallest absolute Gasteiger partial charge is 0.173 e. The van der Waals surface area contributed by atoms with Gasteiger partial charge in [0.25, 0.3) is 0 Å². The molecule has 3 aromatic rings. The number of nitrogens with zero attached hydrogens (tertiary/aromatic N) is 3. The zero-order valence-electron chi connectivity index (χ0n) is 17.4. The molecule has 1 aromatic heterocycles. The van der Waals surface area contributed by atoms with Crippen LogP contribution in [0.5, 0.6) is 0 Å². The van der Waals surface area contributed by atoms with E-state index in [4.69, 9.17) is 5.73 Å². The van der Waals surface area contributed by atoms with E-state index in [1.54, 1.807) is 12.1 Å². The van der Waals surface area contributed by atoms with Crippen LogP contribution in [0.15, 0.2) is 59.6 Å². The minimum atomic E-state index is -0.0661. The number of benzene rings is 2. The molecule has 0 aliphatic rings. The van der Waals surface area contributed by atoms with Crippen LogP contribution >= 0.6 is 11.8 Å². The molecular formula is C25H22N4OS. The van der Waals surface area contributed by atoms with Gasteiger partial charge in [-0.15, -0.1) is 0 Å². The molecule has 0 bridgehead atoms. The van der Waals surface area contributed by atoms with E-state index in [1.165, 1.54) is 11.8 Å². The molecule has 0 unspecified atom stereocenters. The summed E-state index contributed by atoms with van der Waals surface area (Å²) in [6, 6.07) is 21.6. The van der Waals surface area contributed by atoms with Crippen LogP contribution in [0.25, 0.3) is 11.1 Å². The third-order valence-corrected chi connectivity index (χ3v) is 5.76. The van der Waals surface area contributed by atoms with E-state index >= 15 is 0 Å². The number of rotatable bonds is 7. The fourth-order valence-corrected chi connectivity index (χ4v) is 4.19. The molecule has 0 aliphatic heterocycles. The fourth-order valence-electron chi connectivity index (χ4n) is 3.28. The van der Waals surface area contributed by atoms with Crippen molar-refractivity contribution < 1.29 is 4.79 Å². The molecule has 0 radical (unpaired) electrons. The summed E-state index contributed by atoms with van der Waals surface area (Å²) in [6.45, 7) is 4.02. The highest BCUT2D eigenvalue weighted by Crippen LogP contribution is 2.30. The number of ketones is 1. The molecule has 0 fully saturated rings. The van der Waals surface area contributed by atoms with Crippen LogP contribution in [0.3, 0.4) is 0 Å². The molecule has 154 valence electrons. The van der Waals surface area contributed by atoms with Crippen molar-refractivity contribution in [3.63, 3.8) is 0 Å². The number of hydrogen-bond donors (Lipinski definition) is 1. The Morgan fingerprint density at radius 3 is 2.19 bits per heavy atom. The van der Waals surface area contributed by atoms with Gasteiger partial charge in [-0.1, -0.05) is 80.2 Å². The van der Waals surface area contributed by atoms with Gasteiger partial charge in [-0.3, -0.25) is 4.79 Å². The van der Waals surface area contributed by atoms with E-state index in [9.17, 15) is 15.3 Å². The van der Waals surface area contributed by atoms with Crippen molar-refractivity contribution in [3.05, 3.63) is 76.9 Å². The number of hydrogen-bond acceptors (Lipinski definition) is 6. The number of Topliss-reactive ketones (excluding diaryl/α,β-unsaturated/α-hetero) is 1. The first-order valence-corrected chi connectivity index (χ1v) is 10.9. The van der Waals surface area contributed by atoms with Crippen LogP contribution in [0, 0.1) is 28.6 Å². The second kappa shape index (κ2) is 9.93. The van der Waals surface area contributed by atoms with E-state index in [-0.39, 0.29) is 28.8 Å². The standard InChI is InChI=1S/C25H22N4OS/c1-16(2)12-20-21(13-26)24(28)29-25(22(20)14-27)31-15-23(30)19-10-8-18(9-11-19)17-6-4-3-5-7-17/h3-11,16H,12,15H2,1-2H3,(H2,28,29). The number of carbonyl (C=O) groups excluding carboxylic acids is 1. The van der Waals surface area contributed by atoms with Gasteiger partial charge < -0.3 is 5.73 Å². The molecule has 0 aliphatic carbocycles. The van der Waals surface area contributed by atoms with Gasteiger partial charge in [0.15, 0.2) is 5.78 Å². The predicted molar refractivity (Wildman–Crippen MR) is 124 cm³/mol. The topological polar surface area (TPSA) is 104 Å². The van der Waals surface area contributed by atoms with Crippen molar-refractivity contribution in [2.45, 2.75) is 25.3 Å². The highest BCUT2D eigenvalue weighted by Gasteiger charge is 2.20. The zero-order chi connectivity index (χ0) is 22.4. The number of nitrogens with two attached hydrogens (primary N) is 1. The Morgan fingerprint density at radius 1 is 1.00 bits per heavy atom. The molecule has 3 rings (SSSR count). The largest absolute Gasteiger partial charge is 0.383 e. The van der Waals surface area contributed by atoms with Gasteiger partial charge in [0, 0.05) is 5.56 Å². The summed E-state index contributed by atoms with van der Waals surface area (Å²) in [7, 11) is 0. The quantitative estimate of drug-likeness (QED) is 0.409. The minimum absolute atomic E-state index is 0.0661. The molecule has 1 heterocycles. The van der Waals surface area contributed by atoms with E-state index in [1.807, 2.05) is 56.3 Å². The van der Waals surface area contributed by atoms with E-state index in [0.29, 0.717) is 28.1 Å². The number of anilines is 1. The monoisotopic (exact) mass is 426 g/mol. The van der Waals surface area contributed by atoms with Crippen LogP contribution < -0.4 is 5.73 Å². The van der Waals surface area contributed by atoms with Gasteiger partial charge in [-0.05, 0) is 29.0 Å². The molecule has 31 heavy (non-hydrogen) atoms. The average molecular weight is 427 g/mol. The summed E-state index contributed by atoms with van der Waals surface area (Å²) in [4.78, 5) is 17.0. The van der Waals surface area contributed by atoms with Gasteiger partial charge in [-0.25, -0.2) is 4.98 Å². The lowest BCUT2D eigenvalue weighted by molar-refractivity contribution is 0.102. The third-order valence-electron chi connectivity index (χ3n) is 4.79. The van der Waals surface area contributed by atoms with Crippen LogP contribution in [0.4, 0.5) is 5.82 Å². The van der Waals surface area contributed by atoms with E-state index < -0.39 is 0 Å². The molecule has 6 heteroatoms. The zero-order valence-corrected chi connectivity index (χ0v) is 18.2. The van der Waals surface area contributed by atoms with Crippen molar-refractivity contribution in [2.75, 3.05) is 11.5 Å². The summed E-state index contributed by atoms with van der Waals surface area (Å²) >= 11 is 1.18. The van der Waals surface area contributed by atoms with Crippen molar-refractivity contribution >= 4 is 23.4 Å². The summed E-state index contributed by atoms with van der Waals surface area (Å²) in [6.07, 6.45) is 0.543. The summed E-state index contributed by atoms with van der Waals surface area (Å²) in [5.41, 5.74) is 9.88. The Kier molecular flexibility index (Phi) is 7.07. The average Bonchev–Trinajstić information content (AvgIpc) is 2.78. The van der Waals surface area contributed by atoms with Crippen molar-refractivity contribution in [1.29, 1.82) is 10.5 Å². The summed E-state index contributed by atoms with van der Waals surface area (Å²) in [5.74, 6) is 0.394. The lowest BCUT2D eigenvalue weighted by atomic mass is 9.95. The predicted octanol–water partition coefficient (Wildman–Crippen LogP) is 5.25. The fraction of sp³-hybridized carbons (Fsp3) is 0.200. The van der Waals surface area contributed by atoms with Gasteiger partial charge in [-0.2, -0.15) is 10.5 Å². The van der Waals surface area contributed by atoms with Gasteiger partial charge in [0.1, 0.15) is 23.0 Å².